The van der Waals surface area contributed by atoms with Crippen molar-refractivity contribution in [1.29, 1.82) is 0 Å². The molecule has 1 aliphatic rings. The third-order valence-corrected chi connectivity index (χ3v) is 6.01. The maximum Gasteiger partial charge on any atom is 0.01000 e. The second-order valence-corrected chi connectivity index (χ2v) is 6.46. The van der Waals surface area contributed by atoms with Gasteiger partial charge < -0.3 is 4.90 Å². The van der Waals surface area contributed by atoms with E-state index in [-0.39, 0.29) is 0 Å². The van der Waals surface area contributed by atoms with Crippen LogP contribution in [0.1, 0.15) is 65.2 Å². The molecule has 0 unspecified atom stereocenters. The smallest absolute Gasteiger partial charge is 0.01000 e. The molecule has 17 heavy (non-hydrogen) atoms. The Morgan fingerprint density at radius 2 is 1.59 bits per heavy atom. The van der Waals surface area contributed by atoms with Gasteiger partial charge in [0.1, 0.15) is 0 Å². The van der Waals surface area contributed by atoms with Crippen LogP contribution in [0.25, 0.3) is 0 Å². The summed E-state index contributed by atoms with van der Waals surface area (Å²) in [6.45, 7) is 5.94. The maximum atomic E-state index is 3.73. The van der Waals surface area contributed by atoms with Crippen LogP contribution in [0.2, 0.25) is 0 Å². The Labute approximate surface area is 116 Å². The first-order chi connectivity index (χ1) is 8.17. The van der Waals surface area contributed by atoms with E-state index in [1.54, 1.807) is 0 Å². The zero-order chi connectivity index (χ0) is 12.7. The average Bonchev–Trinajstić information content (AvgIpc) is 2.65. The van der Waals surface area contributed by atoms with Crippen molar-refractivity contribution >= 4 is 15.9 Å². The van der Waals surface area contributed by atoms with E-state index in [0.29, 0.717) is 5.41 Å². The van der Waals surface area contributed by atoms with Crippen LogP contribution in [0.4, 0.5) is 0 Å². The van der Waals surface area contributed by atoms with Crippen molar-refractivity contribution in [1.82, 2.24) is 4.90 Å². The predicted octanol–water partition coefficient (Wildman–Crippen LogP) is 4.84. The van der Waals surface area contributed by atoms with Crippen LogP contribution in [0.5, 0.6) is 0 Å². The predicted molar refractivity (Wildman–Crippen MR) is 80.9 cm³/mol. The van der Waals surface area contributed by atoms with Crippen molar-refractivity contribution in [3.8, 4) is 0 Å². The fraction of sp³-hybridized carbons (Fsp3) is 1.00. The Hall–Kier alpha value is 0.440. The largest absolute Gasteiger partial charge is 0.303 e. The third kappa shape index (κ3) is 4.55. The van der Waals surface area contributed by atoms with Gasteiger partial charge in [-0.15, -0.1) is 0 Å². The molecule has 0 N–H and O–H groups in total. The Kier molecular flexibility index (Phi) is 7.10. The summed E-state index contributed by atoms with van der Waals surface area (Å²) in [5.74, 6) is 0. The van der Waals surface area contributed by atoms with E-state index in [1.165, 1.54) is 57.9 Å². The lowest BCUT2D eigenvalue weighted by Crippen LogP contribution is -2.41. The van der Waals surface area contributed by atoms with Gasteiger partial charge in [0, 0.05) is 17.9 Å². The summed E-state index contributed by atoms with van der Waals surface area (Å²) >= 11 is 3.73. The van der Waals surface area contributed by atoms with Gasteiger partial charge in [0.05, 0.1) is 0 Å². The number of nitrogens with zero attached hydrogens (tertiary/aromatic N) is 1. The van der Waals surface area contributed by atoms with Crippen LogP contribution in [0.15, 0.2) is 0 Å². The lowest BCUT2D eigenvalue weighted by atomic mass is 9.83. The molecule has 1 aliphatic carbocycles. The van der Waals surface area contributed by atoms with E-state index < -0.39 is 0 Å². The zero-order valence-corrected chi connectivity index (χ0v) is 13.6. The van der Waals surface area contributed by atoms with Crippen LogP contribution in [0, 0.1) is 5.41 Å². The van der Waals surface area contributed by atoms with Crippen molar-refractivity contribution in [2.45, 2.75) is 71.3 Å². The summed E-state index contributed by atoms with van der Waals surface area (Å²) in [6.07, 6.45) is 11.2. The van der Waals surface area contributed by atoms with E-state index in [2.05, 4.69) is 41.7 Å². The number of hydrogen-bond acceptors (Lipinski definition) is 1. The SMILES string of the molecule is CCC(CC)(CBr)CN(C)C1CCCCCC1. The molecule has 1 nitrogen and oxygen atoms in total. The fourth-order valence-electron chi connectivity index (χ4n) is 3.06. The number of rotatable bonds is 6. The molecule has 102 valence electrons. The van der Waals surface area contributed by atoms with Crippen molar-refractivity contribution in [2.24, 2.45) is 5.41 Å². The number of hydrogen-bond donors (Lipinski definition) is 0. The monoisotopic (exact) mass is 303 g/mol. The van der Waals surface area contributed by atoms with Gasteiger partial charge in [0.25, 0.3) is 0 Å². The molecule has 0 radical (unpaired) electrons. The first-order valence-corrected chi connectivity index (χ1v) is 8.56. The Bertz CT molecular complexity index is 185. The molecule has 0 atom stereocenters. The van der Waals surface area contributed by atoms with E-state index in [0.717, 1.165) is 11.4 Å². The molecule has 2 heteroatoms. The van der Waals surface area contributed by atoms with Crippen LogP contribution >= 0.6 is 15.9 Å². The first kappa shape index (κ1) is 15.5. The molecule has 0 heterocycles. The number of alkyl halides is 1. The molecule has 0 aromatic carbocycles. The molecular weight excluding hydrogens is 274 g/mol. The summed E-state index contributed by atoms with van der Waals surface area (Å²) in [5.41, 5.74) is 0.487. The molecule has 0 spiro atoms. The van der Waals surface area contributed by atoms with E-state index in [4.69, 9.17) is 0 Å². The summed E-state index contributed by atoms with van der Waals surface area (Å²) in [5, 5.41) is 1.14. The highest BCUT2D eigenvalue weighted by Gasteiger charge is 2.29. The standard InChI is InChI=1S/C15H30BrN/c1-4-15(5-2,12-16)13-17(3)14-10-8-6-7-9-11-14/h14H,4-13H2,1-3H3. The maximum absolute atomic E-state index is 3.73. The second-order valence-electron chi connectivity index (χ2n) is 5.90. The molecule has 0 saturated heterocycles. The lowest BCUT2D eigenvalue weighted by Gasteiger charge is -2.38. The zero-order valence-electron chi connectivity index (χ0n) is 12.0. The molecule has 0 aromatic rings. The minimum atomic E-state index is 0.487. The van der Waals surface area contributed by atoms with Gasteiger partial charge in [-0.3, -0.25) is 0 Å². The summed E-state index contributed by atoms with van der Waals surface area (Å²) in [7, 11) is 2.35. The molecule has 0 aromatic heterocycles. The van der Waals surface area contributed by atoms with Crippen LogP contribution in [-0.2, 0) is 0 Å². The molecule has 0 bridgehead atoms. The minimum Gasteiger partial charge on any atom is -0.303 e. The van der Waals surface area contributed by atoms with Gasteiger partial charge in [-0.25, -0.2) is 0 Å². The summed E-state index contributed by atoms with van der Waals surface area (Å²) in [6, 6.07) is 0.842. The van der Waals surface area contributed by atoms with Crippen molar-refractivity contribution < 1.29 is 0 Å². The second kappa shape index (κ2) is 7.78. The van der Waals surface area contributed by atoms with Crippen LogP contribution in [0.3, 0.4) is 0 Å². The van der Waals surface area contributed by atoms with Gasteiger partial charge in [-0.1, -0.05) is 55.5 Å². The van der Waals surface area contributed by atoms with Crippen molar-refractivity contribution in [3.05, 3.63) is 0 Å². The Morgan fingerprint density at radius 3 is 2.00 bits per heavy atom. The Morgan fingerprint density at radius 1 is 1.06 bits per heavy atom. The molecule has 1 rings (SSSR count). The summed E-state index contributed by atoms with van der Waals surface area (Å²) in [4.78, 5) is 2.65. The van der Waals surface area contributed by atoms with Gasteiger partial charge >= 0.3 is 0 Å². The highest BCUT2D eigenvalue weighted by molar-refractivity contribution is 9.09. The highest BCUT2D eigenvalue weighted by Crippen LogP contribution is 2.31. The van der Waals surface area contributed by atoms with Crippen molar-refractivity contribution in [3.63, 3.8) is 0 Å². The van der Waals surface area contributed by atoms with Crippen LogP contribution in [-0.4, -0.2) is 29.9 Å². The van der Waals surface area contributed by atoms with Gasteiger partial charge in [0.15, 0.2) is 0 Å². The van der Waals surface area contributed by atoms with Gasteiger partial charge in [-0.2, -0.15) is 0 Å². The molecular formula is C15H30BrN. The van der Waals surface area contributed by atoms with Gasteiger partial charge in [0.2, 0.25) is 0 Å². The average molecular weight is 304 g/mol. The quantitative estimate of drug-likeness (QED) is 0.501. The lowest BCUT2D eigenvalue weighted by molar-refractivity contribution is 0.133. The number of halogens is 1. The molecule has 0 aliphatic heterocycles. The summed E-state index contributed by atoms with van der Waals surface area (Å²) < 4.78 is 0. The van der Waals surface area contributed by atoms with E-state index in [9.17, 15) is 0 Å². The first-order valence-electron chi connectivity index (χ1n) is 7.43. The third-order valence-electron chi connectivity index (χ3n) is 4.82. The normalized spacial score (nSPS) is 19.6. The minimum absolute atomic E-state index is 0.487. The Balaban J connectivity index is 2.52. The fourth-order valence-corrected chi connectivity index (χ4v) is 4.03. The molecule has 0 amide bonds. The van der Waals surface area contributed by atoms with Crippen LogP contribution < -0.4 is 0 Å². The topological polar surface area (TPSA) is 3.24 Å². The highest BCUT2D eigenvalue weighted by atomic mass is 79.9. The molecule has 1 fully saturated rings. The van der Waals surface area contributed by atoms with E-state index >= 15 is 0 Å². The molecule has 1 saturated carbocycles. The van der Waals surface area contributed by atoms with Gasteiger partial charge in [-0.05, 0) is 38.1 Å². The van der Waals surface area contributed by atoms with Crippen molar-refractivity contribution in [2.75, 3.05) is 18.9 Å². The van der Waals surface area contributed by atoms with E-state index in [1.807, 2.05) is 0 Å².